The second-order valence-electron chi connectivity index (χ2n) is 6.84. The third-order valence-corrected chi connectivity index (χ3v) is 4.88. The van der Waals surface area contributed by atoms with E-state index in [1.165, 1.54) is 5.56 Å². The molecule has 0 aliphatic carbocycles. The lowest BCUT2D eigenvalue weighted by atomic mass is 10.2. The molecule has 1 aliphatic rings. The number of ether oxygens (including phenoxy) is 1. The Hall–Kier alpha value is -2.58. The molecule has 0 unspecified atom stereocenters. The van der Waals surface area contributed by atoms with Gasteiger partial charge in [-0.25, -0.2) is 0 Å². The molecule has 0 N–H and O–H groups in total. The van der Waals surface area contributed by atoms with Crippen molar-refractivity contribution in [2.24, 2.45) is 0 Å². The quantitative estimate of drug-likeness (QED) is 0.574. The minimum absolute atomic E-state index is 0.0511. The zero-order valence-electron chi connectivity index (χ0n) is 15.2. The van der Waals surface area contributed by atoms with Gasteiger partial charge in [-0.1, -0.05) is 28.9 Å². The Labute approximate surface area is 170 Å². The maximum Gasteiger partial charge on any atom is 0.471 e. The molecule has 0 amide bonds. The normalized spacial score (nSPS) is 17.6. The second kappa shape index (κ2) is 8.04. The molecule has 5 nitrogen and oxygen atoms in total. The molecule has 2 aromatic carbocycles. The number of alkyl halides is 3. The average Bonchev–Trinajstić information content (AvgIpc) is 3.34. The number of benzene rings is 2. The molecule has 4 rings (SSSR count). The topological polar surface area (TPSA) is 51.4 Å². The van der Waals surface area contributed by atoms with Crippen molar-refractivity contribution in [1.82, 2.24) is 15.0 Å². The summed E-state index contributed by atoms with van der Waals surface area (Å²) in [4.78, 5) is 5.69. The van der Waals surface area contributed by atoms with Crippen LogP contribution in [0.25, 0.3) is 11.4 Å². The maximum atomic E-state index is 12.6. The first-order valence-corrected chi connectivity index (χ1v) is 9.39. The summed E-state index contributed by atoms with van der Waals surface area (Å²) < 4.78 is 48.0. The molecular weight excluding hydrogens is 407 g/mol. The Morgan fingerprint density at radius 1 is 1.10 bits per heavy atom. The highest BCUT2D eigenvalue weighted by Crippen LogP contribution is 2.30. The van der Waals surface area contributed by atoms with E-state index < -0.39 is 12.1 Å². The summed E-state index contributed by atoms with van der Waals surface area (Å²) in [7, 11) is 0. The third kappa shape index (κ3) is 4.89. The van der Waals surface area contributed by atoms with Gasteiger partial charge in [0.1, 0.15) is 11.9 Å². The van der Waals surface area contributed by atoms with Crippen LogP contribution in [0.3, 0.4) is 0 Å². The first kappa shape index (κ1) is 19.7. The summed E-state index contributed by atoms with van der Waals surface area (Å²) in [6.45, 7) is 2.55. The zero-order chi connectivity index (χ0) is 20.4. The fourth-order valence-electron chi connectivity index (χ4n) is 3.22. The molecule has 0 radical (unpaired) electrons. The van der Waals surface area contributed by atoms with E-state index in [0.29, 0.717) is 11.3 Å². The molecule has 1 fully saturated rings. The Kier molecular flexibility index (Phi) is 5.47. The highest BCUT2D eigenvalue weighted by molar-refractivity contribution is 6.30. The summed E-state index contributed by atoms with van der Waals surface area (Å²) in [6, 6.07) is 14.4. The standard InChI is InChI=1S/C20H17ClF3N3O2/c21-15-5-1-13(2-6-15)11-27-10-9-17(12-27)28-16-7-3-14(4-8-16)18-25-19(29-26-18)20(22,23)24/h1-8,17H,9-12H2/t17-/m1/s1. The predicted octanol–water partition coefficient (Wildman–Crippen LogP) is 5.06. The van der Waals surface area contributed by atoms with Crippen LogP contribution >= 0.6 is 11.6 Å². The van der Waals surface area contributed by atoms with Gasteiger partial charge in [-0.2, -0.15) is 18.2 Å². The lowest BCUT2D eigenvalue weighted by Crippen LogP contribution is -2.24. The van der Waals surface area contributed by atoms with Gasteiger partial charge in [0.05, 0.1) is 0 Å². The molecule has 1 aromatic heterocycles. The van der Waals surface area contributed by atoms with Gasteiger partial charge < -0.3 is 9.26 Å². The minimum Gasteiger partial charge on any atom is -0.489 e. The molecule has 0 saturated carbocycles. The number of halogens is 4. The van der Waals surface area contributed by atoms with Gasteiger partial charge in [-0.05, 0) is 48.4 Å². The van der Waals surface area contributed by atoms with E-state index in [1.807, 2.05) is 24.3 Å². The van der Waals surface area contributed by atoms with E-state index in [-0.39, 0.29) is 11.9 Å². The Balaban J connectivity index is 1.33. The van der Waals surface area contributed by atoms with Crippen molar-refractivity contribution in [2.45, 2.75) is 25.2 Å². The fraction of sp³-hybridized carbons (Fsp3) is 0.300. The van der Waals surface area contributed by atoms with E-state index in [1.54, 1.807) is 24.3 Å². The summed E-state index contributed by atoms with van der Waals surface area (Å²) in [5.74, 6) is -0.829. The van der Waals surface area contributed by atoms with Crippen LogP contribution < -0.4 is 4.74 Å². The smallest absolute Gasteiger partial charge is 0.471 e. The van der Waals surface area contributed by atoms with Crippen molar-refractivity contribution < 1.29 is 22.4 Å². The van der Waals surface area contributed by atoms with Gasteiger partial charge in [0.15, 0.2) is 0 Å². The van der Waals surface area contributed by atoms with Crippen LogP contribution in [0.4, 0.5) is 13.2 Å². The number of nitrogens with zero attached hydrogens (tertiary/aromatic N) is 3. The van der Waals surface area contributed by atoms with Gasteiger partial charge in [-0.3, -0.25) is 4.90 Å². The predicted molar refractivity (Wildman–Crippen MR) is 100 cm³/mol. The van der Waals surface area contributed by atoms with Crippen LogP contribution in [-0.4, -0.2) is 34.2 Å². The highest BCUT2D eigenvalue weighted by Gasteiger charge is 2.38. The van der Waals surface area contributed by atoms with Gasteiger partial charge in [0.25, 0.3) is 0 Å². The number of aromatic nitrogens is 2. The fourth-order valence-corrected chi connectivity index (χ4v) is 3.34. The van der Waals surface area contributed by atoms with Crippen LogP contribution in [0.15, 0.2) is 53.1 Å². The van der Waals surface area contributed by atoms with Crippen LogP contribution in [0, 0.1) is 0 Å². The molecule has 1 saturated heterocycles. The Morgan fingerprint density at radius 2 is 1.83 bits per heavy atom. The van der Waals surface area contributed by atoms with E-state index in [2.05, 4.69) is 19.6 Å². The van der Waals surface area contributed by atoms with Crippen molar-refractivity contribution in [3.63, 3.8) is 0 Å². The van der Waals surface area contributed by atoms with Gasteiger partial charge in [0.2, 0.25) is 5.82 Å². The minimum atomic E-state index is -4.66. The highest BCUT2D eigenvalue weighted by atomic mass is 35.5. The van der Waals surface area contributed by atoms with Crippen LogP contribution in [-0.2, 0) is 12.7 Å². The summed E-state index contributed by atoms with van der Waals surface area (Å²) in [5, 5.41) is 4.10. The summed E-state index contributed by atoms with van der Waals surface area (Å²) in [6.07, 6.45) is -3.71. The Bertz CT molecular complexity index is 958. The number of hydrogen-bond acceptors (Lipinski definition) is 5. The largest absolute Gasteiger partial charge is 0.489 e. The molecule has 1 atom stereocenters. The second-order valence-corrected chi connectivity index (χ2v) is 7.27. The molecule has 3 aromatic rings. The molecule has 2 heterocycles. The first-order chi connectivity index (χ1) is 13.9. The third-order valence-electron chi connectivity index (χ3n) is 4.63. The van der Waals surface area contributed by atoms with Crippen LogP contribution in [0.2, 0.25) is 5.02 Å². The van der Waals surface area contributed by atoms with Crippen molar-refractivity contribution in [3.05, 3.63) is 65.0 Å². The SMILES string of the molecule is FC(F)(F)c1nc(-c2ccc(O[C@@H]3CCN(Cc4ccc(Cl)cc4)C3)cc2)no1. The molecule has 29 heavy (non-hydrogen) atoms. The van der Waals surface area contributed by atoms with E-state index in [4.69, 9.17) is 16.3 Å². The average molecular weight is 424 g/mol. The number of rotatable bonds is 5. The number of likely N-dealkylation sites (tertiary alicyclic amines) is 1. The summed E-state index contributed by atoms with van der Waals surface area (Å²) >= 11 is 5.92. The molecule has 152 valence electrons. The lowest BCUT2D eigenvalue weighted by molar-refractivity contribution is -0.159. The first-order valence-electron chi connectivity index (χ1n) is 9.01. The monoisotopic (exact) mass is 423 g/mol. The molecule has 9 heteroatoms. The number of hydrogen-bond donors (Lipinski definition) is 0. The van der Waals surface area contributed by atoms with Crippen molar-refractivity contribution in [1.29, 1.82) is 0 Å². The molecule has 0 spiro atoms. The van der Waals surface area contributed by atoms with Crippen molar-refractivity contribution >= 4 is 11.6 Å². The van der Waals surface area contributed by atoms with Crippen molar-refractivity contribution in [3.8, 4) is 17.1 Å². The van der Waals surface area contributed by atoms with E-state index >= 15 is 0 Å². The van der Waals surface area contributed by atoms with Gasteiger partial charge in [-0.15, -0.1) is 0 Å². The molecule has 1 aliphatic heterocycles. The molecule has 0 bridgehead atoms. The Morgan fingerprint density at radius 3 is 2.48 bits per heavy atom. The zero-order valence-corrected chi connectivity index (χ0v) is 16.0. The maximum absolute atomic E-state index is 12.6. The molecular formula is C20H17ClF3N3O2. The summed E-state index contributed by atoms with van der Waals surface area (Å²) in [5.41, 5.74) is 1.62. The van der Waals surface area contributed by atoms with E-state index in [9.17, 15) is 13.2 Å². The van der Waals surface area contributed by atoms with Crippen molar-refractivity contribution in [2.75, 3.05) is 13.1 Å². The van der Waals surface area contributed by atoms with Gasteiger partial charge >= 0.3 is 12.1 Å². The van der Waals surface area contributed by atoms with Crippen LogP contribution in [0.5, 0.6) is 5.75 Å². The lowest BCUT2D eigenvalue weighted by Gasteiger charge is -2.17. The van der Waals surface area contributed by atoms with Gasteiger partial charge in [0, 0.05) is 30.2 Å². The van der Waals surface area contributed by atoms with Crippen LogP contribution in [0.1, 0.15) is 17.9 Å². The van der Waals surface area contributed by atoms with E-state index in [0.717, 1.165) is 31.1 Å².